The third-order valence-corrected chi connectivity index (χ3v) is 3.91. The molecule has 0 aliphatic carbocycles. The van der Waals surface area contributed by atoms with E-state index < -0.39 is 11.6 Å². The van der Waals surface area contributed by atoms with Crippen LogP contribution in [0, 0.1) is 17.2 Å². The fraction of sp³-hybridized carbons (Fsp3) is 0.611. The van der Waals surface area contributed by atoms with E-state index in [0.717, 1.165) is 0 Å². The number of ether oxygens (including phenoxy) is 2. The first-order chi connectivity index (χ1) is 12.2. The first-order valence-electron chi connectivity index (χ1n) is 8.51. The van der Waals surface area contributed by atoms with Gasteiger partial charge in [0.15, 0.2) is 0 Å². The Hall–Kier alpha value is -2.53. The molecule has 142 valence electrons. The van der Waals surface area contributed by atoms with Crippen LogP contribution in [0.25, 0.3) is 0 Å². The van der Waals surface area contributed by atoms with E-state index in [4.69, 9.17) is 14.3 Å². The van der Waals surface area contributed by atoms with E-state index in [9.17, 15) is 14.9 Å². The van der Waals surface area contributed by atoms with Crippen LogP contribution in [0.5, 0.6) is 0 Å². The van der Waals surface area contributed by atoms with Crippen LogP contribution in [-0.4, -0.2) is 60.9 Å². The minimum Gasteiger partial charge on any atom is -0.463 e. The van der Waals surface area contributed by atoms with Gasteiger partial charge in [-0.2, -0.15) is 5.26 Å². The van der Waals surface area contributed by atoms with Gasteiger partial charge in [0, 0.05) is 13.1 Å². The van der Waals surface area contributed by atoms with E-state index in [0.29, 0.717) is 30.1 Å². The fourth-order valence-corrected chi connectivity index (χ4v) is 2.74. The molecule has 2 aliphatic heterocycles. The molecule has 8 nitrogen and oxygen atoms in total. The molecule has 1 fully saturated rings. The maximum absolute atomic E-state index is 12.1. The van der Waals surface area contributed by atoms with E-state index >= 15 is 0 Å². The Balaban J connectivity index is 2.15. The van der Waals surface area contributed by atoms with E-state index in [1.807, 2.05) is 25.7 Å². The molecule has 0 amide bonds. The van der Waals surface area contributed by atoms with Crippen LogP contribution in [0.2, 0.25) is 0 Å². The van der Waals surface area contributed by atoms with Crippen LogP contribution >= 0.6 is 0 Å². The van der Waals surface area contributed by atoms with E-state index in [1.165, 1.54) is 18.2 Å². The molecule has 0 spiro atoms. The average Bonchev–Trinajstić information content (AvgIpc) is 2.51. The zero-order valence-corrected chi connectivity index (χ0v) is 15.9. The first-order valence-corrected chi connectivity index (χ1v) is 8.51. The summed E-state index contributed by atoms with van der Waals surface area (Å²) < 4.78 is 10.4. The highest BCUT2D eigenvalue weighted by Crippen LogP contribution is 2.31. The number of carbonyl (C=O) groups is 2. The Kier molecular flexibility index (Phi) is 5.93. The number of rotatable bonds is 5. The van der Waals surface area contributed by atoms with Crippen molar-refractivity contribution in [1.29, 1.82) is 5.26 Å². The topological polar surface area (TPSA) is 92.1 Å². The summed E-state index contributed by atoms with van der Waals surface area (Å²) in [5.41, 5.74) is 0.108. The van der Waals surface area contributed by atoms with Gasteiger partial charge in [-0.05, 0) is 33.8 Å². The smallest absolute Gasteiger partial charge is 0.335 e. The number of hydrogen-bond acceptors (Lipinski definition) is 8. The number of hydroxylamine groups is 2. The first kappa shape index (κ1) is 19.8. The summed E-state index contributed by atoms with van der Waals surface area (Å²) in [5.74, 6) is -0.439. The molecule has 1 saturated heterocycles. The predicted molar refractivity (Wildman–Crippen MR) is 92.0 cm³/mol. The monoisotopic (exact) mass is 363 g/mol. The third-order valence-electron chi connectivity index (χ3n) is 3.91. The van der Waals surface area contributed by atoms with Crippen molar-refractivity contribution < 1.29 is 23.9 Å². The van der Waals surface area contributed by atoms with Crippen molar-refractivity contribution in [3.8, 4) is 6.07 Å². The van der Waals surface area contributed by atoms with Gasteiger partial charge in [0.05, 0.1) is 37.3 Å². The molecule has 0 atom stereocenters. The van der Waals surface area contributed by atoms with Crippen molar-refractivity contribution in [2.45, 2.75) is 33.3 Å². The minimum absolute atomic E-state index is 0.170. The van der Waals surface area contributed by atoms with E-state index in [2.05, 4.69) is 6.07 Å². The second kappa shape index (κ2) is 7.79. The normalized spacial score (nSPS) is 18.1. The number of allylic oxidation sites excluding steroid dienone is 2. The molecule has 26 heavy (non-hydrogen) atoms. The highest BCUT2D eigenvalue weighted by Gasteiger charge is 2.40. The molecule has 8 heteroatoms. The second-order valence-electron chi connectivity index (χ2n) is 7.09. The third kappa shape index (κ3) is 4.35. The van der Waals surface area contributed by atoms with Gasteiger partial charge in [-0.3, -0.25) is 9.63 Å². The zero-order chi connectivity index (χ0) is 19.5. The molecule has 0 N–H and O–H groups in total. The largest absolute Gasteiger partial charge is 0.463 e. The van der Waals surface area contributed by atoms with Gasteiger partial charge in [-0.1, -0.05) is 0 Å². The van der Waals surface area contributed by atoms with Crippen LogP contribution in [0.15, 0.2) is 23.0 Å². The summed E-state index contributed by atoms with van der Waals surface area (Å²) in [5, 5.41) is 11.0. The van der Waals surface area contributed by atoms with Crippen molar-refractivity contribution in [2.75, 3.05) is 33.4 Å². The van der Waals surface area contributed by atoms with Crippen LogP contribution in [0.1, 0.15) is 27.7 Å². The molecule has 0 aromatic heterocycles. The lowest BCUT2D eigenvalue weighted by atomic mass is 9.98. The minimum atomic E-state index is -0.532. The summed E-state index contributed by atoms with van der Waals surface area (Å²) in [6.45, 7) is 8.48. The lowest BCUT2D eigenvalue weighted by Gasteiger charge is -2.45. The van der Waals surface area contributed by atoms with Crippen molar-refractivity contribution >= 4 is 11.9 Å². The van der Waals surface area contributed by atoms with Crippen molar-refractivity contribution in [1.82, 2.24) is 9.96 Å². The molecule has 2 aliphatic rings. The average molecular weight is 363 g/mol. The fourth-order valence-electron chi connectivity index (χ4n) is 2.74. The molecular formula is C18H25N3O5. The number of nitrogens with zero attached hydrogens (tertiary/aromatic N) is 3. The summed E-state index contributed by atoms with van der Waals surface area (Å²) >= 11 is 0. The Morgan fingerprint density at radius 1 is 1.35 bits per heavy atom. The molecule has 0 bridgehead atoms. The summed E-state index contributed by atoms with van der Waals surface area (Å²) in [4.78, 5) is 31.3. The van der Waals surface area contributed by atoms with Crippen LogP contribution < -0.4 is 0 Å². The molecular weight excluding hydrogens is 338 g/mol. The van der Waals surface area contributed by atoms with Gasteiger partial charge in [0.25, 0.3) is 0 Å². The molecule has 2 rings (SSSR count). The SMILES string of the molecule is CCOC(=O)C1=CC(C#N)=C(N2CC(C(=O)OC(C)(C)C)C2)N(OC)C1. The summed E-state index contributed by atoms with van der Waals surface area (Å²) in [6, 6.07) is 2.09. The van der Waals surface area contributed by atoms with E-state index in [-0.39, 0.29) is 25.0 Å². The van der Waals surface area contributed by atoms with Gasteiger partial charge >= 0.3 is 11.9 Å². The number of likely N-dealkylation sites (tertiary alicyclic amines) is 1. The quantitative estimate of drug-likeness (QED) is 0.676. The Labute approximate surface area is 153 Å². The zero-order valence-electron chi connectivity index (χ0n) is 15.9. The molecule has 0 radical (unpaired) electrons. The Bertz CT molecular complexity index is 678. The lowest BCUT2D eigenvalue weighted by molar-refractivity contribution is -0.169. The summed E-state index contributed by atoms with van der Waals surface area (Å²) in [6.07, 6.45) is 1.52. The maximum atomic E-state index is 12.1. The standard InChI is InChI=1S/C18H25N3O5/c1-6-25-16(22)13-7-12(8-19)15(21(11-13)24-5)20-9-14(10-20)17(23)26-18(2,3)4/h7,14H,6,9-11H2,1-5H3. The molecule has 0 saturated carbocycles. The Morgan fingerprint density at radius 3 is 2.50 bits per heavy atom. The van der Waals surface area contributed by atoms with Gasteiger partial charge in [-0.15, -0.1) is 0 Å². The lowest BCUT2D eigenvalue weighted by Crippen LogP contribution is -2.54. The number of carbonyl (C=O) groups excluding carboxylic acids is 2. The van der Waals surface area contributed by atoms with Gasteiger partial charge < -0.3 is 14.4 Å². The highest BCUT2D eigenvalue weighted by atomic mass is 16.7. The number of nitriles is 1. The van der Waals surface area contributed by atoms with Gasteiger partial charge in [0.2, 0.25) is 0 Å². The predicted octanol–water partition coefficient (Wildman–Crippen LogP) is 1.36. The van der Waals surface area contributed by atoms with Crippen LogP contribution in [-0.2, 0) is 23.9 Å². The van der Waals surface area contributed by atoms with Crippen molar-refractivity contribution in [3.05, 3.63) is 23.0 Å². The molecule has 0 aromatic rings. The van der Waals surface area contributed by atoms with Gasteiger partial charge in [0.1, 0.15) is 17.5 Å². The van der Waals surface area contributed by atoms with Crippen LogP contribution in [0.3, 0.4) is 0 Å². The van der Waals surface area contributed by atoms with Crippen LogP contribution in [0.4, 0.5) is 0 Å². The van der Waals surface area contributed by atoms with Crippen molar-refractivity contribution in [2.24, 2.45) is 5.92 Å². The Morgan fingerprint density at radius 2 is 2.00 bits per heavy atom. The number of hydrogen-bond donors (Lipinski definition) is 0. The van der Waals surface area contributed by atoms with E-state index in [1.54, 1.807) is 6.92 Å². The van der Waals surface area contributed by atoms with Gasteiger partial charge in [-0.25, -0.2) is 9.86 Å². The van der Waals surface area contributed by atoms with Crippen molar-refractivity contribution in [3.63, 3.8) is 0 Å². The molecule has 2 heterocycles. The number of esters is 2. The summed E-state index contributed by atoms with van der Waals surface area (Å²) in [7, 11) is 1.47. The molecule has 0 unspecified atom stereocenters. The second-order valence-corrected chi connectivity index (χ2v) is 7.09. The maximum Gasteiger partial charge on any atom is 0.335 e. The highest BCUT2D eigenvalue weighted by molar-refractivity contribution is 5.90. The molecule has 0 aromatic carbocycles.